The van der Waals surface area contributed by atoms with Crippen LogP contribution in [0.4, 0.5) is 10.5 Å². The fourth-order valence-corrected chi connectivity index (χ4v) is 3.51. The largest absolute Gasteiger partial charge is 0.508 e. The molecule has 31 heavy (non-hydrogen) atoms. The Morgan fingerprint density at radius 2 is 1.94 bits per heavy atom. The Balaban J connectivity index is 1.87. The highest BCUT2D eigenvalue weighted by Crippen LogP contribution is 2.42. The fraction of sp³-hybridized carbons (Fsp3) is 0.238. The lowest BCUT2D eigenvalue weighted by atomic mass is 9.81. The minimum absolute atomic E-state index is 0.0608. The average molecular weight is 540 g/mol. The Kier molecular flexibility index (Phi) is 6.91. The van der Waals surface area contributed by atoms with Gasteiger partial charge in [0.05, 0.1) is 0 Å². The van der Waals surface area contributed by atoms with E-state index in [0.29, 0.717) is 22.7 Å². The summed E-state index contributed by atoms with van der Waals surface area (Å²) < 4.78 is 17.1. The molecule has 0 radical (unpaired) electrons. The van der Waals surface area contributed by atoms with Gasteiger partial charge in [-0.05, 0) is 52.9 Å². The van der Waals surface area contributed by atoms with Crippen molar-refractivity contribution in [3.05, 3.63) is 57.7 Å². The number of amides is 2. The molecule has 0 bridgehead atoms. The third-order valence-corrected chi connectivity index (χ3v) is 5.24. The zero-order chi connectivity index (χ0) is 22.6. The van der Waals surface area contributed by atoms with Crippen LogP contribution in [0.1, 0.15) is 25.5 Å². The van der Waals surface area contributed by atoms with Crippen molar-refractivity contribution in [2.75, 3.05) is 12.1 Å². The van der Waals surface area contributed by atoms with E-state index in [1.807, 2.05) is 0 Å². The molecular weight excluding hydrogens is 519 g/mol. The lowest BCUT2D eigenvalue weighted by molar-refractivity contribution is -0.124. The molecule has 0 saturated heterocycles. The zero-order valence-corrected chi connectivity index (χ0v) is 18.9. The number of halogens is 1. The number of fused-ring (bicyclic) bond motifs is 1. The lowest BCUT2D eigenvalue weighted by Gasteiger charge is -2.32. The van der Waals surface area contributed by atoms with Gasteiger partial charge < -0.3 is 19.3 Å². The van der Waals surface area contributed by atoms with Gasteiger partial charge in [0.1, 0.15) is 11.9 Å². The summed E-state index contributed by atoms with van der Waals surface area (Å²) in [4.78, 5) is 24.2. The minimum Gasteiger partial charge on any atom is -0.508 e. The molecule has 164 valence electrons. The molecule has 2 aromatic carbocycles. The van der Waals surface area contributed by atoms with Crippen molar-refractivity contribution in [1.82, 2.24) is 5.48 Å². The quantitative estimate of drug-likeness (QED) is 0.188. The van der Waals surface area contributed by atoms with Gasteiger partial charge in [-0.25, -0.2) is 10.3 Å². The maximum atomic E-state index is 12.7. The van der Waals surface area contributed by atoms with Gasteiger partial charge in [0.2, 0.25) is 6.79 Å². The first-order valence-corrected chi connectivity index (χ1v) is 10.3. The molecule has 3 rings (SSSR count). The van der Waals surface area contributed by atoms with E-state index in [1.54, 1.807) is 44.2 Å². The van der Waals surface area contributed by atoms with E-state index in [2.05, 4.69) is 27.9 Å². The number of carbonyl (C=O) groups is 2. The number of hydroxylamine groups is 1. The number of ether oxygens (including phenoxy) is 3. The number of hydrogen-bond acceptors (Lipinski definition) is 7. The van der Waals surface area contributed by atoms with Crippen LogP contribution >= 0.6 is 22.6 Å². The molecule has 0 unspecified atom stereocenters. The lowest BCUT2D eigenvalue weighted by Crippen LogP contribution is -2.28. The smallest absolute Gasteiger partial charge is 0.412 e. The first-order valence-electron chi connectivity index (χ1n) is 9.18. The molecule has 1 aliphatic rings. The zero-order valence-electron chi connectivity index (χ0n) is 16.7. The number of phenolic OH excluding ortho intramolecular Hbond substituents is 1. The second-order valence-corrected chi connectivity index (χ2v) is 8.56. The Labute approximate surface area is 192 Å². The van der Waals surface area contributed by atoms with Gasteiger partial charge in [0, 0.05) is 32.4 Å². The Morgan fingerprint density at radius 3 is 2.68 bits per heavy atom. The van der Waals surface area contributed by atoms with Crippen molar-refractivity contribution in [1.29, 1.82) is 0 Å². The molecular formula is C21H21IN2O7. The van der Waals surface area contributed by atoms with Crippen LogP contribution < -0.4 is 20.3 Å². The van der Waals surface area contributed by atoms with Gasteiger partial charge in [-0.1, -0.05) is 19.9 Å². The predicted octanol–water partition coefficient (Wildman–Crippen LogP) is 4.10. The van der Waals surface area contributed by atoms with Crippen molar-refractivity contribution in [2.24, 2.45) is 5.41 Å². The number of rotatable bonds is 6. The summed E-state index contributed by atoms with van der Waals surface area (Å²) in [6.07, 6.45) is 0.877. The number of phenols is 1. The molecule has 0 fully saturated rings. The minimum atomic E-state index is -0.959. The number of anilines is 1. The summed E-state index contributed by atoms with van der Waals surface area (Å²) in [6.45, 7) is 3.57. The van der Waals surface area contributed by atoms with Gasteiger partial charge in [0.25, 0.3) is 5.91 Å². The van der Waals surface area contributed by atoms with Crippen LogP contribution in [0.3, 0.4) is 0 Å². The molecule has 2 aromatic rings. The highest BCUT2D eigenvalue weighted by Gasteiger charge is 2.34. The molecule has 2 amide bonds. The van der Waals surface area contributed by atoms with E-state index in [0.717, 1.165) is 9.65 Å². The molecule has 1 heterocycles. The monoisotopic (exact) mass is 540 g/mol. The first kappa shape index (κ1) is 22.7. The predicted molar refractivity (Wildman–Crippen MR) is 119 cm³/mol. The summed E-state index contributed by atoms with van der Waals surface area (Å²) in [5.74, 6) is 0.287. The van der Waals surface area contributed by atoms with Gasteiger partial charge >= 0.3 is 6.09 Å². The molecule has 0 saturated carbocycles. The molecule has 9 nitrogen and oxygen atoms in total. The SMILES string of the molecule is CC(C)(/C=C/C(=O)NO)[C@@H](OC(=O)Nc1ccc2c(c1)OCO2)c1cc(I)ccc1O. The fourth-order valence-electron chi connectivity index (χ4n) is 3.00. The number of hydrogen-bond donors (Lipinski definition) is 4. The normalized spacial score (nSPS) is 13.7. The van der Waals surface area contributed by atoms with E-state index in [9.17, 15) is 14.7 Å². The maximum absolute atomic E-state index is 12.7. The highest BCUT2D eigenvalue weighted by atomic mass is 127. The van der Waals surface area contributed by atoms with Crippen LogP contribution in [0.2, 0.25) is 0 Å². The Hall–Kier alpha value is -2.99. The second-order valence-electron chi connectivity index (χ2n) is 7.31. The van der Waals surface area contributed by atoms with E-state index in [4.69, 9.17) is 19.4 Å². The number of aromatic hydroxyl groups is 1. The second kappa shape index (κ2) is 9.43. The summed E-state index contributed by atoms with van der Waals surface area (Å²) in [6, 6.07) is 9.83. The average Bonchev–Trinajstić information content (AvgIpc) is 3.20. The van der Waals surface area contributed by atoms with Crippen molar-refractivity contribution < 1.29 is 34.1 Å². The van der Waals surface area contributed by atoms with Crippen molar-refractivity contribution >= 4 is 40.3 Å². The summed E-state index contributed by atoms with van der Waals surface area (Å²) in [5, 5.41) is 21.8. The van der Waals surface area contributed by atoms with E-state index in [1.165, 1.54) is 17.6 Å². The van der Waals surface area contributed by atoms with Crippen LogP contribution in [0.15, 0.2) is 48.6 Å². The van der Waals surface area contributed by atoms with Crippen LogP contribution in [0.25, 0.3) is 0 Å². The van der Waals surface area contributed by atoms with Crippen molar-refractivity contribution in [3.63, 3.8) is 0 Å². The number of carbonyl (C=O) groups excluding carboxylic acids is 2. The van der Waals surface area contributed by atoms with Gasteiger partial charge in [0.15, 0.2) is 11.5 Å². The number of nitrogens with one attached hydrogen (secondary N) is 2. The molecule has 0 aromatic heterocycles. The summed E-state index contributed by atoms with van der Waals surface area (Å²) in [7, 11) is 0. The Bertz CT molecular complexity index is 1020. The first-order chi connectivity index (χ1) is 14.7. The van der Waals surface area contributed by atoms with Gasteiger partial charge in [-0.3, -0.25) is 15.3 Å². The van der Waals surface area contributed by atoms with E-state index >= 15 is 0 Å². The number of benzene rings is 2. The maximum Gasteiger partial charge on any atom is 0.412 e. The van der Waals surface area contributed by atoms with Crippen molar-refractivity contribution in [3.8, 4) is 17.2 Å². The van der Waals surface area contributed by atoms with Gasteiger partial charge in [-0.2, -0.15) is 0 Å². The topological polar surface area (TPSA) is 126 Å². The third kappa shape index (κ3) is 5.58. The van der Waals surface area contributed by atoms with Crippen LogP contribution in [-0.2, 0) is 9.53 Å². The van der Waals surface area contributed by atoms with Crippen LogP contribution in [0, 0.1) is 8.99 Å². The summed E-state index contributed by atoms with van der Waals surface area (Å²) in [5.41, 5.74) is 1.39. The van der Waals surface area contributed by atoms with E-state index < -0.39 is 23.5 Å². The molecule has 4 N–H and O–H groups in total. The Morgan fingerprint density at radius 1 is 1.19 bits per heavy atom. The van der Waals surface area contributed by atoms with Crippen LogP contribution in [-0.4, -0.2) is 29.1 Å². The standard InChI is InChI=1S/C21H21IN2O7/c1-21(2,8-7-18(26)24-28)19(14-9-12(22)3-5-15(14)25)31-20(27)23-13-4-6-16-17(10-13)30-11-29-16/h3-10,19,25,28H,11H2,1-2H3,(H,23,27)(H,24,26)/b8-7+/t19-/m0/s1. The summed E-state index contributed by atoms with van der Waals surface area (Å²) >= 11 is 2.08. The van der Waals surface area contributed by atoms with Crippen molar-refractivity contribution in [2.45, 2.75) is 20.0 Å². The van der Waals surface area contributed by atoms with Crippen LogP contribution in [0.5, 0.6) is 17.2 Å². The van der Waals surface area contributed by atoms with E-state index in [-0.39, 0.29) is 12.5 Å². The highest BCUT2D eigenvalue weighted by molar-refractivity contribution is 14.1. The molecule has 10 heteroatoms. The molecule has 1 aliphatic heterocycles. The van der Waals surface area contributed by atoms with Gasteiger partial charge in [-0.15, -0.1) is 0 Å². The molecule has 1 atom stereocenters. The molecule has 0 spiro atoms. The molecule has 0 aliphatic carbocycles. The third-order valence-electron chi connectivity index (χ3n) is 4.57.